The molecule has 0 saturated carbocycles. The Bertz CT molecular complexity index is 362. The number of hydrogen-bond acceptors (Lipinski definition) is 1. The van der Waals surface area contributed by atoms with E-state index in [9.17, 15) is 4.39 Å². The van der Waals surface area contributed by atoms with Crippen LogP contribution < -0.4 is 5.32 Å². The molecule has 0 aliphatic heterocycles. The van der Waals surface area contributed by atoms with Crippen LogP contribution in [-0.2, 0) is 6.42 Å². The van der Waals surface area contributed by atoms with Crippen molar-refractivity contribution in [3.05, 3.63) is 48.3 Å². The highest BCUT2D eigenvalue weighted by atomic mass is 19.1. The summed E-state index contributed by atoms with van der Waals surface area (Å²) in [5.41, 5.74) is 1.08. The summed E-state index contributed by atoms with van der Waals surface area (Å²) in [4.78, 5) is 0. The lowest BCUT2D eigenvalue weighted by Crippen LogP contribution is -2.30. The molecule has 19 heavy (non-hydrogen) atoms. The molecule has 106 valence electrons. The lowest BCUT2D eigenvalue weighted by atomic mass is 10.00. The van der Waals surface area contributed by atoms with Gasteiger partial charge in [-0.2, -0.15) is 0 Å². The second-order valence-electron chi connectivity index (χ2n) is 5.02. The Morgan fingerprint density at radius 1 is 1.32 bits per heavy atom. The standard InChI is InChI=1S/C17H26FN/c1-3-5-6-7-8-12-17(19-4-2)14-15-10-9-11-16(18)13-15/h3,9-11,13,17,19H,1,4-8,12,14H2,2H3. The summed E-state index contributed by atoms with van der Waals surface area (Å²) in [6, 6.07) is 7.39. The summed E-state index contributed by atoms with van der Waals surface area (Å²) in [6.45, 7) is 6.83. The van der Waals surface area contributed by atoms with Crippen LogP contribution in [0.4, 0.5) is 4.39 Å². The van der Waals surface area contributed by atoms with Gasteiger partial charge in [0.1, 0.15) is 5.82 Å². The molecule has 1 rings (SSSR count). The molecule has 1 aromatic carbocycles. The Hall–Kier alpha value is -1.15. The Balaban J connectivity index is 2.37. The molecule has 1 unspecified atom stereocenters. The monoisotopic (exact) mass is 263 g/mol. The van der Waals surface area contributed by atoms with Crippen LogP contribution in [0.5, 0.6) is 0 Å². The molecule has 0 spiro atoms. The number of likely N-dealkylation sites (N-methyl/N-ethyl adjacent to an activating group) is 1. The fourth-order valence-corrected chi connectivity index (χ4v) is 2.37. The first-order chi connectivity index (χ1) is 9.26. The summed E-state index contributed by atoms with van der Waals surface area (Å²) >= 11 is 0. The van der Waals surface area contributed by atoms with Gasteiger partial charge in [0, 0.05) is 6.04 Å². The SMILES string of the molecule is C=CCCCCCC(Cc1cccc(F)c1)NCC. The third-order valence-corrected chi connectivity index (χ3v) is 3.32. The molecule has 0 heterocycles. The van der Waals surface area contributed by atoms with Crippen LogP contribution >= 0.6 is 0 Å². The maximum absolute atomic E-state index is 13.2. The van der Waals surface area contributed by atoms with Crippen LogP contribution in [0.3, 0.4) is 0 Å². The Morgan fingerprint density at radius 2 is 2.16 bits per heavy atom. The van der Waals surface area contributed by atoms with Crippen LogP contribution in [0, 0.1) is 5.82 Å². The molecule has 0 aliphatic carbocycles. The van der Waals surface area contributed by atoms with E-state index < -0.39 is 0 Å². The molecule has 1 N–H and O–H groups in total. The fraction of sp³-hybridized carbons (Fsp3) is 0.529. The van der Waals surface area contributed by atoms with Crippen LogP contribution in [0.25, 0.3) is 0 Å². The first kappa shape index (κ1) is 15.9. The van der Waals surface area contributed by atoms with E-state index in [1.54, 1.807) is 12.1 Å². The first-order valence-electron chi connectivity index (χ1n) is 7.35. The minimum Gasteiger partial charge on any atom is -0.314 e. The minimum absolute atomic E-state index is 0.140. The maximum Gasteiger partial charge on any atom is 0.123 e. The Kier molecular flexibility index (Phi) is 8.15. The van der Waals surface area contributed by atoms with Gasteiger partial charge in [-0.1, -0.05) is 38.0 Å². The molecule has 1 nitrogen and oxygen atoms in total. The molecule has 0 fully saturated rings. The summed E-state index contributed by atoms with van der Waals surface area (Å²) < 4.78 is 13.2. The average Bonchev–Trinajstić information content (AvgIpc) is 2.38. The van der Waals surface area contributed by atoms with E-state index in [-0.39, 0.29) is 5.82 Å². The smallest absolute Gasteiger partial charge is 0.123 e. The van der Waals surface area contributed by atoms with E-state index in [1.807, 2.05) is 12.1 Å². The van der Waals surface area contributed by atoms with Gasteiger partial charge in [-0.25, -0.2) is 4.39 Å². The fourth-order valence-electron chi connectivity index (χ4n) is 2.37. The molecule has 0 saturated heterocycles. The van der Waals surface area contributed by atoms with Crippen molar-refractivity contribution in [2.45, 2.75) is 51.5 Å². The van der Waals surface area contributed by atoms with Crippen LogP contribution in [-0.4, -0.2) is 12.6 Å². The number of halogens is 1. The molecule has 2 heteroatoms. The third-order valence-electron chi connectivity index (χ3n) is 3.32. The first-order valence-corrected chi connectivity index (χ1v) is 7.35. The maximum atomic E-state index is 13.2. The van der Waals surface area contributed by atoms with Crippen LogP contribution in [0.2, 0.25) is 0 Å². The van der Waals surface area contributed by atoms with Gasteiger partial charge in [0.15, 0.2) is 0 Å². The summed E-state index contributed by atoms with van der Waals surface area (Å²) in [5.74, 6) is -0.140. The highest BCUT2D eigenvalue weighted by Gasteiger charge is 2.08. The zero-order chi connectivity index (χ0) is 13.9. The molecule has 0 radical (unpaired) electrons. The molecule has 0 aliphatic rings. The average molecular weight is 263 g/mol. The predicted octanol–water partition coefficient (Wildman–Crippen LogP) is 4.48. The van der Waals surface area contributed by atoms with Gasteiger partial charge in [0.2, 0.25) is 0 Å². The van der Waals surface area contributed by atoms with Crippen molar-refractivity contribution in [3.8, 4) is 0 Å². The van der Waals surface area contributed by atoms with Gasteiger partial charge in [-0.15, -0.1) is 6.58 Å². The lowest BCUT2D eigenvalue weighted by molar-refractivity contribution is 0.464. The summed E-state index contributed by atoms with van der Waals surface area (Å²) in [6.07, 6.45) is 8.85. The van der Waals surface area contributed by atoms with Gasteiger partial charge in [0.05, 0.1) is 0 Å². The van der Waals surface area contributed by atoms with Crippen molar-refractivity contribution in [1.29, 1.82) is 0 Å². The zero-order valence-electron chi connectivity index (χ0n) is 12.0. The van der Waals surface area contributed by atoms with Crippen molar-refractivity contribution in [1.82, 2.24) is 5.32 Å². The van der Waals surface area contributed by atoms with Crippen molar-refractivity contribution in [2.24, 2.45) is 0 Å². The zero-order valence-corrected chi connectivity index (χ0v) is 12.0. The molecule has 0 bridgehead atoms. The normalized spacial score (nSPS) is 12.3. The predicted molar refractivity (Wildman–Crippen MR) is 80.9 cm³/mol. The van der Waals surface area contributed by atoms with E-state index in [0.717, 1.165) is 31.4 Å². The van der Waals surface area contributed by atoms with Crippen LogP contribution in [0.1, 0.15) is 44.6 Å². The van der Waals surface area contributed by atoms with Crippen LogP contribution in [0.15, 0.2) is 36.9 Å². The Labute approximate surface area is 116 Å². The number of hydrogen-bond donors (Lipinski definition) is 1. The molecule has 1 aromatic rings. The van der Waals surface area contributed by atoms with E-state index in [2.05, 4.69) is 18.8 Å². The van der Waals surface area contributed by atoms with Gasteiger partial charge in [-0.05, 0) is 49.9 Å². The van der Waals surface area contributed by atoms with Crippen molar-refractivity contribution in [2.75, 3.05) is 6.54 Å². The molecular formula is C17H26FN. The third kappa shape index (κ3) is 7.12. The quantitative estimate of drug-likeness (QED) is 0.484. The number of nitrogens with one attached hydrogen (secondary N) is 1. The molecule has 1 atom stereocenters. The van der Waals surface area contributed by atoms with Gasteiger partial charge >= 0.3 is 0 Å². The highest BCUT2D eigenvalue weighted by Crippen LogP contribution is 2.12. The van der Waals surface area contributed by atoms with E-state index >= 15 is 0 Å². The Morgan fingerprint density at radius 3 is 2.84 bits per heavy atom. The molecule has 0 amide bonds. The van der Waals surface area contributed by atoms with E-state index in [4.69, 9.17) is 0 Å². The topological polar surface area (TPSA) is 12.0 Å². The van der Waals surface area contributed by atoms with Crippen molar-refractivity contribution < 1.29 is 4.39 Å². The van der Waals surface area contributed by atoms with E-state index in [1.165, 1.54) is 25.3 Å². The summed E-state index contributed by atoms with van der Waals surface area (Å²) in [7, 11) is 0. The number of unbranched alkanes of at least 4 members (excludes halogenated alkanes) is 3. The minimum atomic E-state index is -0.140. The molecule has 0 aromatic heterocycles. The van der Waals surface area contributed by atoms with Gasteiger partial charge in [0.25, 0.3) is 0 Å². The number of rotatable bonds is 10. The highest BCUT2D eigenvalue weighted by molar-refractivity contribution is 5.17. The molecular weight excluding hydrogens is 237 g/mol. The van der Waals surface area contributed by atoms with E-state index in [0.29, 0.717) is 6.04 Å². The largest absolute Gasteiger partial charge is 0.314 e. The van der Waals surface area contributed by atoms with Crippen molar-refractivity contribution >= 4 is 0 Å². The number of allylic oxidation sites excluding steroid dienone is 1. The second kappa shape index (κ2) is 9.74. The number of benzene rings is 1. The second-order valence-corrected chi connectivity index (χ2v) is 5.02. The summed E-state index contributed by atoms with van der Waals surface area (Å²) in [5, 5.41) is 3.50. The van der Waals surface area contributed by atoms with Gasteiger partial charge < -0.3 is 5.32 Å². The van der Waals surface area contributed by atoms with Gasteiger partial charge in [-0.3, -0.25) is 0 Å². The lowest BCUT2D eigenvalue weighted by Gasteiger charge is -2.18. The van der Waals surface area contributed by atoms with Crippen molar-refractivity contribution in [3.63, 3.8) is 0 Å².